The molecule has 0 saturated carbocycles. The molecule has 6 nitrogen and oxygen atoms in total. The monoisotopic (exact) mass is 293 g/mol. The molecule has 1 saturated heterocycles. The minimum Gasteiger partial charge on any atom is -0.385 e. The van der Waals surface area contributed by atoms with Gasteiger partial charge in [0.15, 0.2) is 0 Å². The van der Waals surface area contributed by atoms with Gasteiger partial charge in [-0.2, -0.15) is 4.98 Å². The van der Waals surface area contributed by atoms with E-state index in [1.54, 1.807) is 7.11 Å². The molecule has 2 N–H and O–H groups in total. The van der Waals surface area contributed by atoms with Crippen LogP contribution in [0.2, 0.25) is 0 Å². The Balaban J connectivity index is 1.97. The fourth-order valence-electron chi connectivity index (χ4n) is 2.84. The Morgan fingerprint density at radius 1 is 1.19 bits per heavy atom. The van der Waals surface area contributed by atoms with Gasteiger partial charge in [-0.3, -0.25) is 4.90 Å². The number of methoxy groups -OCH3 is 1. The third kappa shape index (κ3) is 4.04. The molecule has 0 spiro atoms. The highest BCUT2D eigenvalue weighted by Gasteiger charge is 2.20. The molecule has 6 heteroatoms. The van der Waals surface area contributed by atoms with Crippen molar-refractivity contribution in [1.82, 2.24) is 14.9 Å². The summed E-state index contributed by atoms with van der Waals surface area (Å²) in [6, 6.07) is 0. The van der Waals surface area contributed by atoms with Crippen LogP contribution in [-0.4, -0.2) is 61.3 Å². The number of nitrogens with zero attached hydrogens (tertiary/aromatic N) is 4. The molecule has 1 aromatic rings. The molecule has 21 heavy (non-hydrogen) atoms. The third-order valence-electron chi connectivity index (χ3n) is 4.07. The Labute approximate surface area is 127 Å². The highest BCUT2D eigenvalue weighted by Crippen LogP contribution is 2.22. The van der Waals surface area contributed by atoms with Gasteiger partial charge in [-0.05, 0) is 19.8 Å². The number of hydrogen-bond donors (Lipinski definition) is 1. The quantitative estimate of drug-likeness (QED) is 0.792. The third-order valence-corrected chi connectivity index (χ3v) is 4.07. The molecule has 0 unspecified atom stereocenters. The van der Waals surface area contributed by atoms with Crippen LogP contribution in [0.3, 0.4) is 0 Å². The van der Waals surface area contributed by atoms with Gasteiger partial charge in [0.2, 0.25) is 5.95 Å². The maximum atomic E-state index is 5.85. The second kappa shape index (κ2) is 7.56. The number of aromatic nitrogens is 2. The summed E-state index contributed by atoms with van der Waals surface area (Å²) in [4.78, 5) is 13.6. The SMILES string of the molecule is CCc1nc(N)nc(N2CCN(CCCOC)CC2)c1C. The smallest absolute Gasteiger partial charge is 0.222 e. The van der Waals surface area contributed by atoms with Crippen molar-refractivity contribution < 1.29 is 4.74 Å². The normalized spacial score (nSPS) is 16.4. The summed E-state index contributed by atoms with van der Waals surface area (Å²) in [6.07, 6.45) is 1.98. The largest absolute Gasteiger partial charge is 0.385 e. The molecule has 0 bridgehead atoms. The molecule has 0 amide bonds. The number of ether oxygens (including phenoxy) is 1. The van der Waals surface area contributed by atoms with Gasteiger partial charge in [0.1, 0.15) is 5.82 Å². The van der Waals surface area contributed by atoms with Crippen molar-refractivity contribution in [1.29, 1.82) is 0 Å². The molecule has 118 valence electrons. The molecule has 2 heterocycles. The summed E-state index contributed by atoms with van der Waals surface area (Å²) < 4.78 is 5.11. The Bertz CT molecular complexity index is 458. The number of anilines is 2. The minimum absolute atomic E-state index is 0.384. The van der Waals surface area contributed by atoms with Crippen molar-refractivity contribution in [2.45, 2.75) is 26.7 Å². The predicted molar refractivity (Wildman–Crippen MR) is 85.7 cm³/mol. The number of rotatable bonds is 6. The van der Waals surface area contributed by atoms with E-state index in [0.717, 1.165) is 63.7 Å². The van der Waals surface area contributed by atoms with Crippen molar-refractivity contribution in [2.24, 2.45) is 0 Å². The average Bonchev–Trinajstić information content (AvgIpc) is 2.50. The van der Waals surface area contributed by atoms with Crippen LogP contribution in [0, 0.1) is 6.92 Å². The molecule has 1 fully saturated rings. The summed E-state index contributed by atoms with van der Waals surface area (Å²) in [6.45, 7) is 10.3. The van der Waals surface area contributed by atoms with E-state index in [1.165, 1.54) is 5.56 Å². The first-order valence-electron chi connectivity index (χ1n) is 7.75. The molecule has 0 aromatic carbocycles. The van der Waals surface area contributed by atoms with Gasteiger partial charge in [-0.1, -0.05) is 6.92 Å². The molecule has 2 rings (SSSR count). The van der Waals surface area contributed by atoms with E-state index in [1.807, 2.05) is 0 Å². The van der Waals surface area contributed by atoms with Crippen molar-refractivity contribution in [3.63, 3.8) is 0 Å². The van der Waals surface area contributed by atoms with Gasteiger partial charge in [-0.15, -0.1) is 0 Å². The van der Waals surface area contributed by atoms with Gasteiger partial charge in [0, 0.05) is 52.0 Å². The van der Waals surface area contributed by atoms with E-state index < -0.39 is 0 Å². The van der Waals surface area contributed by atoms with E-state index >= 15 is 0 Å². The lowest BCUT2D eigenvalue weighted by molar-refractivity contribution is 0.169. The van der Waals surface area contributed by atoms with Crippen molar-refractivity contribution in [3.05, 3.63) is 11.3 Å². The van der Waals surface area contributed by atoms with Gasteiger partial charge < -0.3 is 15.4 Å². The van der Waals surface area contributed by atoms with E-state index in [2.05, 4.69) is 33.6 Å². The molecule has 0 radical (unpaired) electrons. The summed E-state index contributed by atoms with van der Waals surface area (Å²) in [5.41, 5.74) is 8.07. The molecule has 1 aliphatic rings. The summed E-state index contributed by atoms with van der Waals surface area (Å²) in [5.74, 6) is 1.39. The van der Waals surface area contributed by atoms with Crippen LogP contribution in [0.1, 0.15) is 24.6 Å². The highest BCUT2D eigenvalue weighted by molar-refractivity contribution is 5.51. The fraction of sp³-hybridized carbons (Fsp3) is 0.733. The fourth-order valence-corrected chi connectivity index (χ4v) is 2.84. The van der Waals surface area contributed by atoms with Gasteiger partial charge in [0.25, 0.3) is 0 Å². The second-order valence-corrected chi connectivity index (χ2v) is 5.51. The van der Waals surface area contributed by atoms with Crippen LogP contribution in [0.25, 0.3) is 0 Å². The van der Waals surface area contributed by atoms with Crippen LogP contribution in [0.4, 0.5) is 11.8 Å². The lowest BCUT2D eigenvalue weighted by Gasteiger charge is -2.36. The molecular formula is C15H27N5O. The molecule has 1 aromatic heterocycles. The second-order valence-electron chi connectivity index (χ2n) is 5.51. The molecular weight excluding hydrogens is 266 g/mol. The van der Waals surface area contributed by atoms with Crippen LogP contribution in [0.5, 0.6) is 0 Å². The van der Waals surface area contributed by atoms with Crippen LogP contribution >= 0.6 is 0 Å². The summed E-state index contributed by atoms with van der Waals surface area (Å²) in [5, 5.41) is 0. The number of piperazine rings is 1. The lowest BCUT2D eigenvalue weighted by Crippen LogP contribution is -2.47. The molecule has 0 atom stereocenters. The standard InChI is InChI=1S/C15H27N5O/c1-4-13-12(2)14(18-15(16)17-13)20-9-7-19(8-10-20)6-5-11-21-3/h4-11H2,1-3H3,(H2,16,17,18). The lowest BCUT2D eigenvalue weighted by atomic mass is 10.1. The Morgan fingerprint density at radius 3 is 2.52 bits per heavy atom. The van der Waals surface area contributed by atoms with Gasteiger partial charge in [-0.25, -0.2) is 4.98 Å². The first kappa shape index (κ1) is 16.0. The van der Waals surface area contributed by atoms with Crippen LogP contribution < -0.4 is 10.6 Å². The van der Waals surface area contributed by atoms with E-state index in [9.17, 15) is 0 Å². The van der Waals surface area contributed by atoms with E-state index in [4.69, 9.17) is 10.5 Å². The van der Waals surface area contributed by atoms with Crippen molar-refractivity contribution in [3.8, 4) is 0 Å². The Hall–Kier alpha value is -1.40. The van der Waals surface area contributed by atoms with Crippen LogP contribution in [0.15, 0.2) is 0 Å². The van der Waals surface area contributed by atoms with Crippen LogP contribution in [-0.2, 0) is 11.2 Å². The Kier molecular flexibility index (Phi) is 5.76. The minimum atomic E-state index is 0.384. The zero-order valence-corrected chi connectivity index (χ0v) is 13.4. The van der Waals surface area contributed by atoms with E-state index in [-0.39, 0.29) is 0 Å². The van der Waals surface area contributed by atoms with Gasteiger partial charge in [0.05, 0.1) is 5.69 Å². The maximum absolute atomic E-state index is 5.85. The first-order chi connectivity index (χ1) is 10.2. The highest BCUT2D eigenvalue weighted by atomic mass is 16.5. The number of nitrogen functional groups attached to an aromatic ring is 1. The number of nitrogens with two attached hydrogens (primary N) is 1. The number of hydrogen-bond acceptors (Lipinski definition) is 6. The van der Waals surface area contributed by atoms with E-state index in [0.29, 0.717) is 5.95 Å². The summed E-state index contributed by atoms with van der Waals surface area (Å²) >= 11 is 0. The number of aryl methyl sites for hydroxylation is 1. The molecule has 0 aliphatic carbocycles. The average molecular weight is 293 g/mol. The maximum Gasteiger partial charge on any atom is 0.222 e. The molecule has 1 aliphatic heterocycles. The van der Waals surface area contributed by atoms with Crippen molar-refractivity contribution >= 4 is 11.8 Å². The topological polar surface area (TPSA) is 67.5 Å². The zero-order chi connectivity index (χ0) is 15.2. The summed E-state index contributed by atoms with van der Waals surface area (Å²) in [7, 11) is 1.76. The van der Waals surface area contributed by atoms with Gasteiger partial charge >= 0.3 is 0 Å². The zero-order valence-electron chi connectivity index (χ0n) is 13.4. The predicted octanol–water partition coefficient (Wildman–Crippen LogP) is 1.09. The van der Waals surface area contributed by atoms with Crippen molar-refractivity contribution in [2.75, 3.05) is 57.1 Å². The first-order valence-corrected chi connectivity index (χ1v) is 7.75. The Morgan fingerprint density at radius 2 is 1.90 bits per heavy atom.